The average Bonchev–Trinajstić information content (AvgIpc) is 3.00. The van der Waals surface area contributed by atoms with Gasteiger partial charge in [0.2, 0.25) is 5.54 Å². The van der Waals surface area contributed by atoms with Crippen LogP contribution >= 0.6 is 11.6 Å². The number of piperazine rings is 1. The summed E-state index contributed by atoms with van der Waals surface area (Å²) in [6.07, 6.45) is -4.98. The lowest BCUT2D eigenvalue weighted by atomic mass is 9.89. The van der Waals surface area contributed by atoms with Crippen LogP contribution in [0.5, 0.6) is 0 Å². The molecule has 1 N–H and O–H groups in total. The van der Waals surface area contributed by atoms with Crippen molar-refractivity contribution in [2.75, 3.05) is 37.7 Å². The number of alkyl halides is 3. The van der Waals surface area contributed by atoms with Gasteiger partial charge in [-0.3, -0.25) is 9.69 Å². The van der Waals surface area contributed by atoms with Crippen LogP contribution in [0.1, 0.15) is 5.56 Å². The van der Waals surface area contributed by atoms with Crippen LogP contribution in [0.25, 0.3) is 0 Å². The number of anilines is 1. The van der Waals surface area contributed by atoms with Crippen LogP contribution in [-0.4, -0.2) is 60.8 Å². The summed E-state index contributed by atoms with van der Waals surface area (Å²) in [7, 11) is 0. The highest BCUT2D eigenvalue weighted by atomic mass is 35.5. The maximum absolute atomic E-state index is 14.1. The second-order valence-electron chi connectivity index (χ2n) is 7.50. The van der Waals surface area contributed by atoms with E-state index in [2.05, 4.69) is 4.90 Å². The molecule has 0 aromatic heterocycles. The number of nitrogens with one attached hydrogen (secondary N) is 1. The highest BCUT2D eigenvalue weighted by Crippen LogP contribution is 2.43. The predicted molar refractivity (Wildman–Crippen MR) is 110 cm³/mol. The van der Waals surface area contributed by atoms with Crippen LogP contribution < -0.4 is 10.2 Å². The Kier molecular flexibility index (Phi) is 5.57. The minimum atomic E-state index is -4.98. The summed E-state index contributed by atoms with van der Waals surface area (Å²) in [5, 5.41) is 2.53. The molecule has 0 radical (unpaired) electrons. The lowest BCUT2D eigenvalue weighted by Crippen LogP contribution is -2.56. The standard InChI is InChI=1S/C21H20ClF3N4O2/c22-16-7-4-8-17(13-16)28-11-9-27(10-12-28)14-29-18(30)20(21(23,24)25,26-19(29)31)15-5-2-1-3-6-15/h1-8,13H,9-12,14H2,(H,26,31). The molecule has 2 aliphatic rings. The number of halogens is 4. The summed E-state index contributed by atoms with van der Waals surface area (Å²) in [6.45, 7) is 1.93. The zero-order chi connectivity index (χ0) is 22.2. The van der Waals surface area contributed by atoms with Crippen molar-refractivity contribution in [1.82, 2.24) is 15.1 Å². The van der Waals surface area contributed by atoms with Crippen molar-refractivity contribution < 1.29 is 22.8 Å². The van der Waals surface area contributed by atoms with Gasteiger partial charge in [0.25, 0.3) is 5.91 Å². The zero-order valence-electron chi connectivity index (χ0n) is 16.4. The maximum Gasteiger partial charge on any atom is 0.425 e. The van der Waals surface area contributed by atoms with E-state index in [0.717, 1.165) is 5.69 Å². The normalized spacial score (nSPS) is 22.7. The molecule has 0 bridgehead atoms. The first-order valence-corrected chi connectivity index (χ1v) is 10.1. The molecule has 0 saturated carbocycles. The first-order chi connectivity index (χ1) is 14.7. The molecule has 1 unspecified atom stereocenters. The van der Waals surface area contributed by atoms with Crippen molar-refractivity contribution in [2.45, 2.75) is 11.7 Å². The first-order valence-electron chi connectivity index (χ1n) is 9.71. The van der Waals surface area contributed by atoms with Crippen molar-refractivity contribution >= 4 is 29.2 Å². The molecule has 2 aromatic carbocycles. The smallest absolute Gasteiger partial charge is 0.369 e. The number of amides is 3. The van der Waals surface area contributed by atoms with Gasteiger partial charge in [-0.2, -0.15) is 13.2 Å². The zero-order valence-corrected chi connectivity index (χ0v) is 17.2. The Morgan fingerprint density at radius 1 is 0.968 bits per heavy atom. The van der Waals surface area contributed by atoms with Gasteiger partial charge in [0, 0.05) is 36.9 Å². The Bertz CT molecular complexity index is 980. The molecule has 2 aromatic rings. The van der Waals surface area contributed by atoms with Crippen LogP contribution in [0.2, 0.25) is 5.02 Å². The fourth-order valence-corrected chi connectivity index (χ4v) is 4.15. The minimum Gasteiger partial charge on any atom is -0.369 e. The van der Waals surface area contributed by atoms with Crippen molar-refractivity contribution in [3.05, 3.63) is 65.2 Å². The highest BCUT2D eigenvalue weighted by Gasteiger charge is 2.68. The lowest BCUT2D eigenvalue weighted by Gasteiger charge is -2.37. The molecule has 31 heavy (non-hydrogen) atoms. The summed E-state index contributed by atoms with van der Waals surface area (Å²) in [6, 6.07) is 13.1. The summed E-state index contributed by atoms with van der Waals surface area (Å²) in [5.41, 5.74) is -2.44. The predicted octanol–water partition coefficient (Wildman–Crippen LogP) is 3.43. The Balaban J connectivity index is 1.49. The molecule has 2 fully saturated rings. The summed E-state index contributed by atoms with van der Waals surface area (Å²) in [4.78, 5) is 29.9. The molecular weight excluding hydrogens is 433 g/mol. The molecule has 1 atom stereocenters. The Hall–Kier alpha value is -2.78. The van der Waals surface area contributed by atoms with Crippen LogP contribution in [-0.2, 0) is 10.3 Å². The topological polar surface area (TPSA) is 55.9 Å². The maximum atomic E-state index is 14.1. The van der Waals surface area contributed by atoms with E-state index in [1.54, 1.807) is 17.0 Å². The first kappa shape index (κ1) is 21.5. The van der Waals surface area contributed by atoms with Gasteiger partial charge in [0.05, 0.1) is 6.67 Å². The van der Waals surface area contributed by atoms with Gasteiger partial charge in [-0.25, -0.2) is 9.69 Å². The molecule has 0 aliphatic carbocycles. The second kappa shape index (κ2) is 8.05. The third-order valence-corrected chi connectivity index (χ3v) is 5.86. The third kappa shape index (κ3) is 3.83. The number of hydrogen-bond donors (Lipinski definition) is 1. The molecule has 164 valence electrons. The Morgan fingerprint density at radius 3 is 2.26 bits per heavy atom. The molecule has 3 amide bonds. The van der Waals surface area contributed by atoms with Crippen molar-refractivity contribution in [3.63, 3.8) is 0 Å². The number of carbonyl (C=O) groups is 2. The SMILES string of the molecule is O=C1NC(c2ccccc2)(C(F)(F)F)C(=O)N1CN1CCN(c2cccc(Cl)c2)CC1. The molecule has 10 heteroatoms. The van der Waals surface area contributed by atoms with Crippen LogP contribution in [0.3, 0.4) is 0 Å². The summed E-state index contributed by atoms with van der Waals surface area (Å²) < 4.78 is 42.2. The molecule has 2 saturated heterocycles. The highest BCUT2D eigenvalue weighted by molar-refractivity contribution is 6.30. The van der Waals surface area contributed by atoms with Gasteiger partial charge in [-0.1, -0.05) is 48.0 Å². The van der Waals surface area contributed by atoms with Crippen molar-refractivity contribution in [3.8, 4) is 0 Å². The van der Waals surface area contributed by atoms with Gasteiger partial charge in [-0.05, 0) is 23.8 Å². The summed E-state index contributed by atoms with van der Waals surface area (Å²) >= 11 is 6.03. The lowest BCUT2D eigenvalue weighted by molar-refractivity contribution is -0.198. The number of urea groups is 1. The van der Waals surface area contributed by atoms with Gasteiger partial charge in [0.15, 0.2) is 0 Å². The van der Waals surface area contributed by atoms with Crippen LogP contribution in [0, 0.1) is 0 Å². The summed E-state index contributed by atoms with van der Waals surface area (Å²) in [5.74, 6) is -1.31. The number of imide groups is 1. The molecule has 6 nitrogen and oxygen atoms in total. The van der Waals surface area contributed by atoms with Gasteiger partial charge < -0.3 is 10.2 Å². The molecular formula is C21H20ClF3N4O2. The monoisotopic (exact) mass is 452 g/mol. The van der Waals surface area contributed by atoms with E-state index in [-0.39, 0.29) is 12.2 Å². The largest absolute Gasteiger partial charge is 0.425 e. The number of benzene rings is 2. The van der Waals surface area contributed by atoms with Crippen molar-refractivity contribution in [2.24, 2.45) is 0 Å². The van der Waals surface area contributed by atoms with E-state index in [0.29, 0.717) is 36.1 Å². The third-order valence-electron chi connectivity index (χ3n) is 5.62. The number of carbonyl (C=O) groups excluding carboxylic acids is 2. The molecule has 2 heterocycles. The van der Waals surface area contributed by atoms with Gasteiger partial charge >= 0.3 is 12.2 Å². The van der Waals surface area contributed by atoms with Crippen molar-refractivity contribution in [1.29, 1.82) is 0 Å². The minimum absolute atomic E-state index is 0.210. The molecule has 4 rings (SSSR count). The Labute approximate surface area is 182 Å². The second-order valence-corrected chi connectivity index (χ2v) is 7.94. The Morgan fingerprint density at radius 2 is 1.65 bits per heavy atom. The number of nitrogens with zero attached hydrogens (tertiary/aromatic N) is 3. The van der Waals surface area contributed by atoms with Crippen LogP contribution in [0.4, 0.5) is 23.7 Å². The van der Waals surface area contributed by atoms with E-state index < -0.39 is 23.7 Å². The van der Waals surface area contributed by atoms with Crippen LogP contribution in [0.15, 0.2) is 54.6 Å². The van der Waals surface area contributed by atoms with E-state index in [1.807, 2.05) is 23.5 Å². The fourth-order valence-electron chi connectivity index (χ4n) is 3.96. The van der Waals surface area contributed by atoms with E-state index in [9.17, 15) is 22.8 Å². The fraction of sp³-hybridized carbons (Fsp3) is 0.333. The van der Waals surface area contributed by atoms with Gasteiger partial charge in [0.1, 0.15) is 0 Å². The molecule has 0 spiro atoms. The number of hydrogen-bond acceptors (Lipinski definition) is 4. The van der Waals surface area contributed by atoms with E-state index >= 15 is 0 Å². The average molecular weight is 453 g/mol. The quantitative estimate of drug-likeness (QED) is 0.722. The van der Waals surface area contributed by atoms with E-state index in [4.69, 9.17) is 11.6 Å². The van der Waals surface area contributed by atoms with E-state index in [1.165, 1.54) is 24.3 Å². The number of rotatable bonds is 4. The molecule has 2 aliphatic heterocycles. The van der Waals surface area contributed by atoms with Gasteiger partial charge in [-0.15, -0.1) is 0 Å².